The van der Waals surface area contributed by atoms with Gasteiger partial charge in [-0.2, -0.15) is 0 Å². The third-order valence-electron chi connectivity index (χ3n) is 2.56. The van der Waals surface area contributed by atoms with Gasteiger partial charge >= 0.3 is 5.97 Å². The van der Waals surface area contributed by atoms with Gasteiger partial charge in [0.25, 0.3) is 0 Å². The summed E-state index contributed by atoms with van der Waals surface area (Å²) in [5.74, 6) is -5.48. The molecule has 104 valence electrons. The number of carboxylic acids is 1. The largest absolute Gasteiger partial charge is 0.481 e. The Bertz CT molecular complexity index is 509. The molecule has 1 rings (SSSR count). The van der Waals surface area contributed by atoms with Crippen molar-refractivity contribution in [2.75, 3.05) is 5.32 Å². The van der Waals surface area contributed by atoms with Crippen molar-refractivity contribution in [3.05, 3.63) is 29.8 Å². The third-order valence-corrected chi connectivity index (χ3v) is 2.56. The second-order valence-electron chi connectivity index (χ2n) is 5.26. The zero-order chi connectivity index (χ0) is 14.8. The summed E-state index contributed by atoms with van der Waals surface area (Å²) >= 11 is 0. The van der Waals surface area contributed by atoms with Crippen LogP contribution in [-0.2, 0) is 9.59 Å². The SMILES string of the molecule is CC(C)(C)C(C(=O)O)C(=O)Nc1ccc(F)c(F)c1. The molecule has 0 saturated heterocycles. The van der Waals surface area contributed by atoms with Crippen LogP contribution < -0.4 is 5.32 Å². The molecule has 1 aromatic rings. The Morgan fingerprint density at radius 2 is 1.79 bits per heavy atom. The molecule has 2 N–H and O–H groups in total. The number of benzene rings is 1. The molecule has 0 aliphatic carbocycles. The fourth-order valence-corrected chi connectivity index (χ4v) is 1.66. The molecule has 1 aromatic carbocycles. The van der Waals surface area contributed by atoms with Crippen molar-refractivity contribution in [3.8, 4) is 0 Å². The first-order valence-corrected chi connectivity index (χ1v) is 5.61. The van der Waals surface area contributed by atoms with E-state index in [0.717, 1.165) is 18.2 Å². The highest BCUT2D eigenvalue weighted by Gasteiger charge is 2.37. The van der Waals surface area contributed by atoms with Crippen LogP contribution in [0.15, 0.2) is 18.2 Å². The zero-order valence-corrected chi connectivity index (χ0v) is 10.8. The first-order valence-electron chi connectivity index (χ1n) is 5.61. The second-order valence-corrected chi connectivity index (χ2v) is 5.26. The van der Waals surface area contributed by atoms with Crippen molar-refractivity contribution in [2.24, 2.45) is 11.3 Å². The molecule has 0 spiro atoms. The molecule has 0 radical (unpaired) electrons. The van der Waals surface area contributed by atoms with Gasteiger partial charge in [0.1, 0.15) is 5.92 Å². The minimum Gasteiger partial charge on any atom is -0.481 e. The van der Waals surface area contributed by atoms with Crippen molar-refractivity contribution in [1.29, 1.82) is 0 Å². The van der Waals surface area contributed by atoms with E-state index in [2.05, 4.69) is 5.32 Å². The highest BCUT2D eigenvalue weighted by Crippen LogP contribution is 2.27. The fraction of sp³-hybridized carbons (Fsp3) is 0.385. The Balaban J connectivity index is 2.94. The Morgan fingerprint density at radius 3 is 2.21 bits per heavy atom. The van der Waals surface area contributed by atoms with Crippen LogP contribution in [0.25, 0.3) is 0 Å². The summed E-state index contributed by atoms with van der Waals surface area (Å²) in [5, 5.41) is 11.3. The molecule has 0 saturated carbocycles. The van der Waals surface area contributed by atoms with Crippen LogP contribution in [0.3, 0.4) is 0 Å². The molecule has 1 atom stereocenters. The molecule has 0 aromatic heterocycles. The standard InChI is InChI=1S/C13H15F2NO3/c1-13(2,3)10(12(18)19)11(17)16-7-4-5-8(14)9(15)6-7/h4-6,10H,1-3H3,(H,16,17)(H,18,19). The van der Waals surface area contributed by atoms with Gasteiger partial charge in [0, 0.05) is 11.8 Å². The van der Waals surface area contributed by atoms with E-state index >= 15 is 0 Å². The second kappa shape index (κ2) is 5.34. The molecule has 1 unspecified atom stereocenters. The number of carboxylic acid groups (broad SMARTS) is 1. The normalized spacial score (nSPS) is 12.9. The number of anilines is 1. The van der Waals surface area contributed by atoms with Crippen molar-refractivity contribution in [1.82, 2.24) is 0 Å². The van der Waals surface area contributed by atoms with Crippen molar-refractivity contribution in [3.63, 3.8) is 0 Å². The smallest absolute Gasteiger partial charge is 0.316 e. The van der Waals surface area contributed by atoms with Crippen LogP contribution in [0.5, 0.6) is 0 Å². The van der Waals surface area contributed by atoms with Crippen LogP contribution in [-0.4, -0.2) is 17.0 Å². The molecule has 19 heavy (non-hydrogen) atoms. The maximum Gasteiger partial charge on any atom is 0.316 e. The van der Waals surface area contributed by atoms with E-state index in [1.807, 2.05) is 0 Å². The zero-order valence-electron chi connectivity index (χ0n) is 10.8. The lowest BCUT2D eigenvalue weighted by Gasteiger charge is -2.25. The Kier molecular flexibility index (Phi) is 4.24. The fourth-order valence-electron chi connectivity index (χ4n) is 1.66. The third kappa shape index (κ3) is 3.74. The summed E-state index contributed by atoms with van der Waals surface area (Å²) in [6, 6.07) is 2.82. The summed E-state index contributed by atoms with van der Waals surface area (Å²) in [7, 11) is 0. The van der Waals surface area contributed by atoms with Crippen LogP contribution in [0, 0.1) is 23.0 Å². The Morgan fingerprint density at radius 1 is 1.21 bits per heavy atom. The number of nitrogens with one attached hydrogen (secondary N) is 1. The highest BCUT2D eigenvalue weighted by molar-refractivity contribution is 6.04. The lowest BCUT2D eigenvalue weighted by molar-refractivity contribution is -0.149. The van der Waals surface area contributed by atoms with Crippen LogP contribution >= 0.6 is 0 Å². The number of hydrogen-bond acceptors (Lipinski definition) is 2. The van der Waals surface area contributed by atoms with Gasteiger partial charge in [-0.15, -0.1) is 0 Å². The predicted molar refractivity (Wildman–Crippen MR) is 65.6 cm³/mol. The van der Waals surface area contributed by atoms with Gasteiger partial charge in [0.2, 0.25) is 5.91 Å². The molecule has 4 nitrogen and oxygen atoms in total. The van der Waals surface area contributed by atoms with Gasteiger partial charge in [-0.3, -0.25) is 9.59 Å². The minimum absolute atomic E-state index is 0.0133. The van der Waals surface area contributed by atoms with E-state index in [4.69, 9.17) is 5.11 Å². The Labute approximate surface area is 109 Å². The summed E-state index contributed by atoms with van der Waals surface area (Å²) in [4.78, 5) is 23.0. The van der Waals surface area contributed by atoms with Crippen LogP contribution in [0.1, 0.15) is 20.8 Å². The van der Waals surface area contributed by atoms with Gasteiger partial charge in [0.15, 0.2) is 11.6 Å². The van der Waals surface area contributed by atoms with Gasteiger partial charge in [0.05, 0.1) is 0 Å². The topological polar surface area (TPSA) is 66.4 Å². The Hall–Kier alpha value is -1.98. The van der Waals surface area contributed by atoms with E-state index in [1.165, 1.54) is 0 Å². The average molecular weight is 271 g/mol. The van der Waals surface area contributed by atoms with E-state index in [9.17, 15) is 18.4 Å². The van der Waals surface area contributed by atoms with Crippen LogP contribution in [0.2, 0.25) is 0 Å². The number of hydrogen-bond donors (Lipinski definition) is 2. The van der Waals surface area contributed by atoms with Crippen molar-refractivity contribution >= 4 is 17.6 Å². The van der Waals surface area contributed by atoms with Crippen molar-refractivity contribution < 1.29 is 23.5 Å². The van der Waals surface area contributed by atoms with Gasteiger partial charge in [-0.25, -0.2) is 8.78 Å². The van der Waals surface area contributed by atoms with E-state index < -0.39 is 34.8 Å². The number of halogens is 2. The van der Waals surface area contributed by atoms with E-state index in [-0.39, 0.29) is 5.69 Å². The summed E-state index contributed by atoms with van der Waals surface area (Å²) in [6.07, 6.45) is 0. The molecule has 1 amide bonds. The summed E-state index contributed by atoms with van der Waals surface area (Å²) in [6.45, 7) is 4.82. The molecule has 0 heterocycles. The maximum absolute atomic E-state index is 13.0. The number of carbonyl (C=O) groups excluding carboxylic acids is 1. The first-order chi connectivity index (χ1) is 8.62. The first kappa shape index (κ1) is 15.1. The summed E-state index contributed by atoms with van der Waals surface area (Å²) in [5.41, 5.74) is -0.784. The molecular formula is C13H15F2NO3. The number of carbonyl (C=O) groups is 2. The quantitative estimate of drug-likeness (QED) is 0.830. The van der Waals surface area contributed by atoms with E-state index in [1.54, 1.807) is 20.8 Å². The molecule has 0 aliphatic heterocycles. The lowest BCUT2D eigenvalue weighted by Crippen LogP contribution is -2.39. The maximum atomic E-state index is 13.0. The highest BCUT2D eigenvalue weighted by atomic mass is 19.2. The number of aliphatic carboxylic acids is 1. The van der Waals surface area contributed by atoms with Gasteiger partial charge in [-0.1, -0.05) is 20.8 Å². The molecule has 0 fully saturated rings. The monoisotopic (exact) mass is 271 g/mol. The molecular weight excluding hydrogens is 256 g/mol. The molecule has 6 heteroatoms. The van der Waals surface area contributed by atoms with E-state index in [0.29, 0.717) is 0 Å². The number of amides is 1. The van der Waals surface area contributed by atoms with Crippen LogP contribution in [0.4, 0.5) is 14.5 Å². The molecule has 0 bridgehead atoms. The lowest BCUT2D eigenvalue weighted by atomic mass is 9.80. The van der Waals surface area contributed by atoms with Gasteiger partial charge < -0.3 is 10.4 Å². The molecule has 0 aliphatic rings. The summed E-state index contributed by atoms with van der Waals surface area (Å²) < 4.78 is 25.7. The van der Waals surface area contributed by atoms with Gasteiger partial charge in [-0.05, 0) is 17.5 Å². The van der Waals surface area contributed by atoms with Crippen molar-refractivity contribution in [2.45, 2.75) is 20.8 Å². The average Bonchev–Trinajstić information content (AvgIpc) is 2.20. The number of rotatable bonds is 3. The predicted octanol–water partition coefficient (Wildman–Crippen LogP) is 2.65. The minimum atomic E-state index is -1.29.